The number of hydrogen-bond donors (Lipinski definition) is 1. The summed E-state index contributed by atoms with van der Waals surface area (Å²) in [6.45, 7) is 4.73. The van der Waals surface area contributed by atoms with Gasteiger partial charge in [0.15, 0.2) is 0 Å². The van der Waals surface area contributed by atoms with E-state index < -0.39 is 0 Å². The Balaban J connectivity index is 1.67. The number of anilines is 1. The smallest absolute Gasteiger partial charge is 0.121 e. The van der Waals surface area contributed by atoms with Crippen molar-refractivity contribution in [2.75, 3.05) is 65.9 Å². The second-order valence-electron chi connectivity index (χ2n) is 8.75. The summed E-state index contributed by atoms with van der Waals surface area (Å²) < 4.78 is 11.3. The minimum atomic E-state index is 0.650. The number of aromatic nitrogens is 1. The van der Waals surface area contributed by atoms with Crippen molar-refractivity contribution in [1.29, 1.82) is 0 Å². The Morgan fingerprint density at radius 1 is 1.09 bits per heavy atom. The van der Waals surface area contributed by atoms with Gasteiger partial charge in [-0.2, -0.15) is 0 Å². The molecule has 6 heteroatoms. The predicted octanol–water partition coefficient (Wildman–Crippen LogP) is 3.90. The first kappa shape index (κ1) is 22.4. The Morgan fingerprint density at radius 2 is 1.88 bits per heavy atom. The largest absolute Gasteiger partial charge is 0.497 e. The third-order valence-corrected chi connectivity index (χ3v) is 6.02. The lowest BCUT2D eigenvalue weighted by molar-refractivity contribution is 0.318. The quantitative estimate of drug-likeness (QED) is 0.516. The average molecular weight is 435 g/mol. The Kier molecular flexibility index (Phi) is 7.12. The number of hydrogen-bond acceptors (Lipinski definition) is 6. The maximum atomic E-state index is 5.77. The van der Waals surface area contributed by atoms with Crippen LogP contribution < -0.4 is 19.7 Å². The van der Waals surface area contributed by atoms with Gasteiger partial charge < -0.3 is 24.6 Å². The number of nitrogens with zero attached hydrogens (tertiary/aromatic N) is 3. The van der Waals surface area contributed by atoms with Crippen LogP contribution in [0.25, 0.3) is 22.2 Å². The van der Waals surface area contributed by atoms with Crippen molar-refractivity contribution >= 4 is 16.6 Å². The van der Waals surface area contributed by atoms with Gasteiger partial charge in [-0.1, -0.05) is 0 Å². The van der Waals surface area contributed by atoms with E-state index >= 15 is 0 Å². The van der Waals surface area contributed by atoms with Gasteiger partial charge in [-0.25, -0.2) is 4.98 Å². The molecule has 1 fully saturated rings. The number of methoxy groups -OCH3 is 1. The van der Waals surface area contributed by atoms with E-state index in [1.807, 2.05) is 31.3 Å². The van der Waals surface area contributed by atoms with Crippen LogP contribution in [0.15, 0.2) is 48.5 Å². The zero-order valence-corrected chi connectivity index (χ0v) is 19.6. The van der Waals surface area contributed by atoms with E-state index in [2.05, 4.69) is 53.5 Å². The molecule has 1 N–H and O–H groups in total. The van der Waals surface area contributed by atoms with Crippen molar-refractivity contribution < 1.29 is 9.47 Å². The van der Waals surface area contributed by atoms with Crippen molar-refractivity contribution in [3.8, 4) is 22.8 Å². The highest BCUT2D eigenvalue weighted by Crippen LogP contribution is 2.35. The number of likely N-dealkylation sites (N-methyl/N-ethyl adjacent to an activating group) is 1. The molecule has 32 heavy (non-hydrogen) atoms. The van der Waals surface area contributed by atoms with E-state index in [-0.39, 0.29) is 0 Å². The molecule has 1 aliphatic rings. The molecule has 1 aliphatic heterocycles. The summed E-state index contributed by atoms with van der Waals surface area (Å²) in [6.07, 6.45) is 1.21. The summed E-state index contributed by atoms with van der Waals surface area (Å²) in [5.41, 5.74) is 4.27. The molecule has 0 amide bonds. The number of pyridine rings is 1. The van der Waals surface area contributed by atoms with E-state index in [0.29, 0.717) is 12.5 Å². The van der Waals surface area contributed by atoms with Gasteiger partial charge in [0, 0.05) is 48.9 Å². The lowest BCUT2D eigenvalue weighted by Crippen LogP contribution is -2.25. The predicted molar refractivity (Wildman–Crippen MR) is 132 cm³/mol. The fraction of sp³-hybridized carbons (Fsp3) is 0.423. The van der Waals surface area contributed by atoms with E-state index in [1.165, 1.54) is 17.5 Å². The number of ether oxygens (including phenoxy) is 2. The summed E-state index contributed by atoms with van der Waals surface area (Å²) in [5, 5.41) is 4.27. The lowest BCUT2D eigenvalue weighted by Gasteiger charge is -2.23. The molecule has 1 unspecified atom stereocenters. The molecule has 3 aromatic rings. The zero-order valence-electron chi connectivity index (χ0n) is 19.6. The minimum absolute atomic E-state index is 0.650. The van der Waals surface area contributed by atoms with Crippen molar-refractivity contribution in [3.05, 3.63) is 48.5 Å². The molecule has 0 radical (unpaired) electrons. The van der Waals surface area contributed by atoms with Crippen molar-refractivity contribution in [2.24, 2.45) is 5.92 Å². The fourth-order valence-corrected chi connectivity index (χ4v) is 4.44. The van der Waals surface area contributed by atoms with Crippen molar-refractivity contribution in [3.63, 3.8) is 0 Å². The molecule has 2 aromatic carbocycles. The van der Waals surface area contributed by atoms with Crippen LogP contribution in [0, 0.1) is 5.92 Å². The van der Waals surface area contributed by atoms with Gasteiger partial charge >= 0.3 is 0 Å². The van der Waals surface area contributed by atoms with Crippen LogP contribution in [0.1, 0.15) is 6.42 Å². The van der Waals surface area contributed by atoms with Gasteiger partial charge in [-0.05, 0) is 75.9 Å². The topological polar surface area (TPSA) is 49.9 Å². The number of nitrogens with one attached hydrogen (secondary N) is 1. The number of benzene rings is 2. The van der Waals surface area contributed by atoms with Gasteiger partial charge in [-0.15, -0.1) is 0 Å². The van der Waals surface area contributed by atoms with Crippen LogP contribution in [0.5, 0.6) is 11.5 Å². The third kappa shape index (κ3) is 5.14. The van der Waals surface area contributed by atoms with Crippen LogP contribution in [0.2, 0.25) is 0 Å². The fourth-order valence-electron chi connectivity index (χ4n) is 4.44. The first-order valence-electron chi connectivity index (χ1n) is 11.3. The van der Waals surface area contributed by atoms with Crippen molar-refractivity contribution in [1.82, 2.24) is 15.2 Å². The summed E-state index contributed by atoms with van der Waals surface area (Å²) in [5.74, 6) is 2.38. The Bertz CT molecular complexity index is 1040. The monoisotopic (exact) mass is 434 g/mol. The van der Waals surface area contributed by atoms with Gasteiger partial charge in [0.25, 0.3) is 0 Å². The average Bonchev–Trinajstić information content (AvgIpc) is 3.26. The maximum Gasteiger partial charge on any atom is 0.121 e. The molecule has 6 nitrogen and oxygen atoms in total. The first-order valence-corrected chi connectivity index (χ1v) is 11.3. The summed E-state index contributed by atoms with van der Waals surface area (Å²) >= 11 is 0. The van der Waals surface area contributed by atoms with Crippen LogP contribution in [0.3, 0.4) is 0 Å². The maximum absolute atomic E-state index is 5.77. The van der Waals surface area contributed by atoms with Gasteiger partial charge in [-0.3, -0.25) is 0 Å². The molecule has 4 rings (SSSR count). The summed E-state index contributed by atoms with van der Waals surface area (Å²) in [7, 11) is 7.93. The zero-order chi connectivity index (χ0) is 22.5. The van der Waals surface area contributed by atoms with E-state index in [0.717, 1.165) is 54.5 Å². The summed E-state index contributed by atoms with van der Waals surface area (Å²) in [6, 6.07) is 16.7. The lowest BCUT2D eigenvalue weighted by atomic mass is 10.1. The van der Waals surface area contributed by atoms with Gasteiger partial charge in [0.2, 0.25) is 0 Å². The van der Waals surface area contributed by atoms with Crippen LogP contribution >= 0.6 is 0 Å². The SMILES string of the molecule is CNCCOc1ccc(-c2cc(N3CCC(CN(C)C)C3)c3ccc(OC)cc3n2)cc1. The van der Waals surface area contributed by atoms with E-state index in [9.17, 15) is 0 Å². The molecule has 2 heterocycles. The normalized spacial score (nSPS) is 16.2. The number of rotatable bonds is 9. The van der Waals surface area contributed by atoms with E-state index in [4.69, 9.17) is 14.5 Å². The van der Waals surface area contributed by atoms with Crippen LogP contribution in [-0.4, -0.2) is 70.9 Å². The number of fused-ring (bicyclic) bond motifs is 1. The molecule has 1 atom stereocenters. The molecular formula is C26H34N4O2. The first-order chi connectivity index (χ1) is 15.6. The molecule has 1 aromatic heterocycles. The van der Waals surface area contributed by atoms with Crippen molar-refractivity contribution in [2.45, 2.75) is 6.42 Å². The minimum Gasteiger partial charge on any atom is -0.497 e. The standard InChI is InChI=1S/C26H34N4O2/c1-27-12-14-32-21-7-5-20(6-8-21)24-16-26(30-13-11-19(18-30)17-29(2)3)23-10-9-22(31-4)15-25(23)28-24/h5-10,15-16,19,27H,11-14,17-18H2,1-4H3. The molecule has 0 bridgehead atoms. The highest BCUT2D eigenvalue weighted by atomic mass is 16.5. The Hall–Kier alpha value is -2.83. The Morgan fingerprint density at radius 3 is 2.59 bits per heavy atom. The Labute approximate surface area is 191 Å². The second-order valence-corrected chi connectivity index (χ2v) is 8.75. The molecule has 1 saturated heterocycles. The molecule has 0 saturated carbocycles. The van der Waals surface area contributed by atoms with E-state index in [1.54, 1.807) is 7.11 Å². The molecule has 170 valence electrons. The van der Waals surface area contributed by atoms with Crippen LogP contribution in [0.4, 0.5) is 5.69 Å². The van der Waals surface area contributed by atoms with Gasteiger partial charge in [0.1, 0.15) is 18.1 Å². The highest BCUT2D eigenvalue weighted by Gasteiger charge is 2.25. The molecular weight excluding hydrogens is 400 g/mol. The van der Waals surface area contributed by atoms with Crippen LogP contribution in [-0.2, 0) is 0 Å². The highest BCUT2D eigenvalue weighted by molar-refractivity contribution is 5.95. The van der Waals surface area contributed by atoms with Gasteiger partial charge in [0.05, 0.1) is 18.3 Å². The second kappa shape index (κ2) is 10.2. The molecule has 0 aliphatic carbocycles. The molecule has 0 spiro atoms. The third-order valence-electron chi connectivity index (χ3n) is 6.02. The summed E-state index contributed by atoms with van der Waals surface area (Å²) in [4.78, 5) is 9.80.